The lowest BCUT2D eigenvalue weighted by atomic mass is 10.0. The summed E-state index contributed by atoms with van der Waals surface area (Å²) in [7, 11) is -3.89. The molecule has 1 amide bonds. The van der Waals surface area contributed by atoms with Crippen molar-refractivity contribution in [1.82, 2.24) is 9.62 Å². The molecule has 2 saturated heterocycles. The second-order valence-electron chi connectivity index (χ2n) is 12.2. The summed E-state index contributed by atoms with van der Waals surface area (Å²) in [6.45, 7) is 5.57. The van der Waals surface area contributed by atoms with Gasteiger partial charge in [-0.15, -0.1) is 0 Å². The second kappa shape index (κ2) is 14.0. The number of amides is 1. The normalized spacial score (nSPS) is 17.8. The van der Waals surface area contributed by atoms with Gasteiger partial charge in [0.05, 0.1) is 4.90 Å². The summed E-state index contributed by atoms with van der Waals surface area (Å²) in [6, 6.07) is 31.2. The largest absolute Gasteiger partial charge is 0.480 e. The number of aryl methyl sites for hydroxylation is 1. The highest BCUT2D eigenvalue weighted by Gasteiger charge is 2.40. The van der Waals surface area contributed by atoms with E-state index in [-0.39, 0.29) is 17.9 Å². The number of nitrogens with zero attached hydrogens (tertiary/aromatic N) is 3. The molecule has 47 heavy (non-hydrogen) atoms. The van der Waals surface area contributed by atoms with Crippen molar-refractivity contribution in [2.75, 3.05) is 42.5 Å². The molecule has 0 bridgehead atoms. The maximum absolute atomic E-state index is 13.3. The van der Waals surface area contributed by atoms with Crippen LogP contribution in [0.2, 0.25) is 0 Å². The van der Waals surface area contributed by atoms with Crippen molar-refractivity contribution in [2.24, 2.45) is 0 Å². The van der Waals surface area contributed by atoms with Gasteiger partial charge in [0.15, 0.2) is 0 Å². The quantitative estimate of drug-likeness (QED) is 0.250. The first kappa shape index (κ1) is 32.3. The number of carboxylic acid groups (broad SMARTS) is 1. The molecule has 2 N–H and O–H groups in total. The number of sulfonamides is 1. The average molecular weight is 653 g/mol. The van der Waals surface area contributed by atoms with Crippen LogP contribution in [0.25, 0.3) is 11.1 Å². The van der Waals surface area contributed by atoms with Crippen LogP contribution in [0, 0.1) is 6.92 Å². The van der Waals surface area contributed by atoms with E-state index in [4.69, 9.17) is 0 Å². The summed E-state index contributed by atoms with van der Waals surface area (Å²) in [5.74, 6) is -1.75. The van der Waals surface area contributed by atoms with Crippen LogP contribution in [0.4, 0.5) is 11.4 Å². The molecule has 9 nitrogen and oxygen atoms in total. The van der Waals surface area contributed by atoms with Crippen LogP contribution in [0.5, 0.6) is 0 Å². The molecular formula is C37H40N4O5S. The Labute approximate surface area is 276 Å². The average Bonchev–Trinajstić information content (AvgIpc) is 3.61. The third-order valence-electron chi connectivity index (χ3n) is 9.11. The van der Waals surface area contributed by atoms with E-state index in [1.807, 2.05) is 49.4 Å². The number of carbonyl (C=O) groups excluding carboxylic acids is 1. The number of anilines is 2. The van der Waals surface area contributed by atoms with Gasteiger partial charge in [-0.05, 0) is 72.9 Å². The number of rotatable bonds is 10. The smallest absolute Gasteiger partial charge is 0.326 e. The number of carbonyl (C=O) groups is 2. The molecule has 244 valence electrons. The summed E-state index contributed by atoms with van der Waals surface area (Å²) in [4.78, 5) is 30.3. The predicted molar refractivity (Wildman–Crippen MR) is 184 cm³/mol. The Hall–Kier alpha value is -4.67. The zero-order valence-electron chi connectivity index (χ0n) is 26.5. The Morgan fingerprint density at radius 2 is 1.32 bits per heavy atom. The fourth-order valence-electron chi connectivity index (χ4n) is 6.40. The van der Waals surface area contributed by atoms with Crippen LogP contribution >= 0.6 is 0 Å². The van der Waals surface area contributed by atoms with E-state index >= 15 is 0 Å². The molecule has 0 radical (unpaired) electrons. The van der Waals surface area contributed by atoms with E-state index in [1.54, 1.807) is 12.1 Å². The molecule has 6 rings (SSSR count). The number of aliphatic carboxylic acids is 1. The fourth-order valence-corrected chi connectivity index (χ4v) is 8.06. The molecule has 4 aromatic carbocycles. The van der Waals surface area contributed by atoms with E-state index in [0.717, 1.165) is 43.0 Å². The predicted octanol–water partition coefficient (Wildman–Crippen LogP) is 4.95. The zero-order valence-corrected chi connectivity index (χ0v) is 27.3. The summed E-state index contributed by atoms with van der Waals surface area (Å²) in [6.07, 6.45) is 0.951. The minimum absolute atomic E-state index is 0.0888. The van der Waals surface area contributed by atoms with Gasteiger partial charge in [0, 0.05) is 50.5 Å². The van der Waals surface area contributed by atoms with Gasteiger partial charge in [0.25, 0.3) is 0 Å². The Kier molecular flexibility index (Phi) is 9.60. The van der Waals surface area contributed by atoms with Crippen LogP contribution in [-0.4, -0.2) is 74.5 Å². The Morgan fingerprint density at radius 1 is 0.766 bits per heavy atom. The molecule has 0 saturated carbocycles. The molecule has 2 fully saturated rings. The third-order valence-corrected chi connectivity index (χ3v) is 11.0. The number of piperazine rings is 1. The van der Waals surface area contributed by atoms with Gasteiger partial charge >= 0.3 is 5.97 Å². The monoisotopic (exact) mass is 652 g/mol. The van der Waals surface area contributed by atoms with E-state index in [0.29, 0.717) is 12.8 Å². The minimum atomic E-state index is -3.89. The Morgan fingerprint density at radius 3 is 1.89 bits per heavy atom. The lowest BCUT2D eigenvalue weighted by molar-refractivity contribution is -0.142. The third kappa shape index (κ3) is 7.34. The SMILES string of the molecule is Cc1ccc(S(=O)(=O)N2CCC[C@H]2C(=O)N[C@@H](Cc2ccc(N3CCN(c4ccc(-c5ccccc5)cc4)CC3)cc2)C(=O)O)cc1. The van der Waals surface area contributed by atoms with E-state index in [9.17, 15) is 23.1 Å². The summed E-state index contributed by atoms with van der Waals surface area (Å²) in [5, 5.41) is 12.6. The van der Waals surface area contributed by atoms with Crippen molar-refractivity contribution in [3.05, 3.63) is 114 Å². The number of carboxylic acids is 1. The van der Waals surface area contributed by atoms with Gasteiger partial charge < -0.3 is 20.2 Å². The first-order valence-electron chi connectivity index (χ1n) is 16.0. The highest BCUT2D eigenvalue weighted by Crippen LogP contribution is 2.28. The number of benzene rings is 4. The van der Waals surface area contributed by atoms with E-state index in [2.05, 4.69) is 51.5 Å². The number of nitrogens with one attached hydrogen (secondary N) is 1. The first-order chi connectivity index (χ1) is 22.7. The van der Waals surface area contributed by atoms with Crippen LogP contribution in [0.1, 0.15) is 24.0 Å². The molecule has 0 aromatic heterocycles. The number of hydrogen-bond donors (Lipinski definition) is 2. The molecule has 2 atom stereocenters. The van der Waals surface area contributed by atoms with Gasteiger partial charge in [0.2, 0.25) is 15.9 Å². The molecule has 10 heteroatoms. The fraction of sp³-hybridized carbons (Fsp3) is 0.297. The van der Waals surface area contributed by atoms with Crippen molar-refractivity contribution in [1.29, 1.82) is 0 Å². The first-order valence-corrected chi connectivity index (χ1v) is 17.5. The van der Waals surface area contributed by atoms with Crippen molar-refractivity contribution in [2.45, 2.75) is 43.2 Å². The van der Waals surface area contributed by atoms with Crippen molar-refractivity contribution >= 4 is 33.3 Å². The summed E-state index contributed by atoms with van der Waals surface area (Å²) in [5.41, 5.74) is 6.37. The van der Waals surface area contributed by atoms with Crippen molar-refractivity contribution in [3.8, 4) is 11.1 Å². The molecule has 2 aliphatic rings. The molecule has 0 unspecified atom stereocenters. The Balaban J connectivity index is 1.04. The number of hydrogen-bond acceptors (Lipinski definition) is 6. The lowest BCUT2D eigenvalue weighted by Crippen LogP contribution is -2.51. The summed E-state index contributed by atoms with van der Waals surface area (Å²) >= 11 is 0. The molecule has 0 spiro atoms. The van der Waals surface area contributed by atoms with Gasteiger partial charge in [-0.2, -0.15) is 4.31 Å². The highest BCUT2D eigenvalue weighted by molar-refractivity contribution is 7.89. The second-order valence-corrected chi connectivity index (χ2v) is 14.1. The molecule has 2 heterocycles. The maximum atomic E-state index is 13.3. The molecular weight excluding hydrogens is 612 g/mol. The van der Waals surface area contributed by atoms with Crippen molar-refractivity contribution in [3.63, 3.8) is 0 Å². The molecule has 4 aromatic rings. The van der Waals surface area contributed by atoms with Crippen LogP contribution in [-0.2, 0) is 26.0 Å². The highest BCUT2D eigenvalue weighted by atomic mass is 32.2. The zero-order chi connectivity index (χ0) is 33.0. The maximum Gasteiger partial charge on any atom is 0.326 e. The van der Waals surface area contributed by atoms with Gasteiger partial charge in [-0.1, -0.05) is 72.3 Å². The van der Waals surface area contributed by atoms with Crippen LogP contribution in [0.3, 0.4) is 0 Å². The minimum Gasteiger partial charge on any atom is -0.480 e. The van der Waals surface area contributed by atoms with Gasteiger partial charge in [0.1, 0.15) is 12.1 Å². The van der Waals surface area contributed by atoms with Crippen LogP contribution in [0.15, 0.2) is 108 Å². The van der Waals surface area contributed by atoms with Crippen LogP contribution < -0.4 is 15.1 Å². The van der Waals surface area contributed by atoms with E-state index < -0.39 is 34.0 Å². The van der Waals surface area contributed by atoms with Crippen molar-refractivity contribution < 1.29 is 23.1 Å². The van der Waals surface area contributed by atoms with Gasteiger partial charge in [-0.25, -0.2) is 13.2 Å². The standard InChI is InChI=1S/C37H40N4O5S/c1-27-9-19-33(20-10-27)47(45,46)41-21-5-8-35(41)36(42)38-34(37(43)44)26-28-11-15-31(16-12-28)39-22-24-40(25-23-39)32-17-13-30(14-18-32)29-6-3-2-4-7-29/h2-4,6-7,9-20,34-35H,5,8,21-26H2,1H3,(H,38,42)(H,43,44)/t34-,35-/m0/s1. The summed E-state index contributed by atoms with van der Waals surface area (Å²) < 4.78 is 27.8. The Bertz CT molecular complexity index is 1790. The molecule has 0 aliphatic carbocycles. The molecule has 2 aliphatic heterocycles. The van der Waals surface area contributed by atoms with Gasteiger partial charge in [-0.3, -0.25) is 4.79 Å². The lowest BCUT2D eigenvalue weighted by Gasteiger charge is -2.37. The van der Waals surface area contributed by atoms with E-state index in [1.165, 1.54) is 33.3 Å². The topological polar surface area (TPSA) is 110 Å².